The minimum absolute atomic E-state index is 0.0487. The monoisotopic (exact) mass is 239 g/mol. The van der Waals surface area contributed by atoms with E-state index in [0.717, 1.165) is 5.69 Å². The van der Waals surface area contributed by atoms with Crippen LogP contribution in [0.3, 0.4) is 0 Å². The Bertz CT molecular complexity index is 618. The molecular formula is C13H9N3O2. The second-order valence-electron chi connectivity index (χ2n) is 3.59. The Balaban J connectivity index is 2.39. The summed E-state index contributed by atoms with van der Waals surface area (Å²) in [6.45, 7) is 0. The molecule has 2 aromatic rings. The number of benzene rings is 2. The van der Waals surface area contributed by atoms with Gasteiger partial charge in [-0.2, -0.15) is 5.26 Å². The summed E-state index contributed by atoms with van der Waals surface area (Å²) in [5.41, 5.74) is 1.52. The van der Waals surface area contributed by atoms with E-state index in [1.807, 2.05) is 36.4 Å². The molecule has 0 atom stereocenters. The molecular weight excluding hydrogens is 230 g/mol. The molecule has 2 rings (SSSR count). The molecule has 5 heteroatoms. The van der Waals surface area contributed by atoms with Crippen LogP contribution in [-0.4, -0.2) is 4.92 Å². The Hall–Kier alpha value is -2.87. The van der Waals surface area contributed by atoms with E-state index in [1.165, 1.54) is 18.2 Å². The molecule has 0 amide bonds. The van der Waals surface area contributed by atoms with Crippen molar-refractivity contribution in [1.82, 2.24) is 0 Å². The lowest BCUT2D eigenvalue weighted by Gasteiger charge is -2.07. The molecule has 0 spiro atoms. The fourth-order valence-electron chi connectivity index (χ4n) is 1.52. The number of nitro groups is 1. The smallest absolute Gasteiger partial charge is 0.271 e. The Morgan fingerprint density at radius 2 is 1.89 bits per heavy atom. The summed E-state index contributed by atoms with van der Waals surface area (Å²) < 4.78 is 0. The number of nitriles is 1. The van der Waals surface area contributed by atoms with E-state index in [-0.39, 0.29) is 5.69 Å². The van der Waals surface area contributed by atoms with Gasteiger partial charge in [0, 0.05) is 17.8 Å². The Labute approximate surface area is 103 Å². The Kier molecular flexibility index (Phi) is 3.21. The maximum absolute atomic E-state index is 10.7. The second kappa shape index (κ2) is 4.97. The van der Waals surface area contributed by atoms with Crippen LogP contribution >= 0.6 is 0 Å². The zero-order valence-corrected chi connectivity index (χ0v) is 9.33. The average molecular weight is 239 g/mol. The quantitative estimate of drug-likeness (QED) is 0.658. The van der Waals surface area contributed by atoms with Gasteiger partial charge in [0.2, 0.25) is 0 Å². The van der Waals surface area contributed by atoms with Gasteiger partial charge in [-0.3, -0.25) is 10.1 Å². The number of non-ortho nitro benzene ring substituents is 1. The number of anilines is 2. The topological polar surface area (TPSA) is 79.0 Å². The maximum Gasteiger partial charge on any atom is 0.271 e. The number of rotatable bonds is 3. The van der Waals surface area contributed by atoms with E-state index < -0.39 is 4.92 Å². The predicted octanol–water partition coefficient (Wildman–Crippen LogP) is 3.21. The molecule has 0 saturated heterocycles. The molecule has 88 valence electrons. The van der Waals surface area contributed by atoms with Crippen molar-refractivity contribution in [3.63, 3.8) is 0 Å². The largest absolute Gasteiger partial charge is 0.354 e. The molecule has 18 heavy (non-hydrogen) atoms. The first-order valence-corrected chi connectivity index (χ1v) is 5.21. The molecule has 2 aromatic carbocycles. The van der Waals surface area contributed by atoms with Crippen LogP contribution in [0.1, 0.15) is 5.56 Å². The summed E-state index contributed by atoms with van der Waals surface area (Å²) in [4.78, 5) is 10.2. The Morgan fingerprint density at radius 1 is 1.17 bits per heavy atom. The lowest BCUT2D eigenvalue weighted by Crippen LogP contribution is -1.96. The van der Waals surface area contributed by atoms with Gasteiger partial charge >= 0.3 is 0 Å². The molecule has 0 bridgehead atoms. The molecule has 1 N–H and O–H groups in total. The van der Waals surface area contributed by atoms with Gasteiger partial charge < -0.3 is 5.32 Å². The maximum atomic E-state index is 10.7. The molecule has 0 unspecified atom stereocenters. The SMILES string of the molecule is N#Cc1ccc([N+](=O)[O-])cc1Nc1ccccc1. The van der Waals surface area contributed by atoms with Crippen LogP contribution in [0.25, 0.3) is 0 Å². The van der Waals surface area contributed by atoms with E-state index in [0.29, 0.717) is 11.3 Å². The highest BCUT2D eigenvalue weighted by molar-refractivity contribution is 5.69. The summed E-state index contributed by atoms with van der Waals surface area (Å²) in [6, 6.07) is 15.3. The summed E-state index contributed by atoms with van der Waals surface area (Å²) in [7, 11) is 0. The minimum Gasteiger partial charge on any atom is -0.354 e. The predicted molar refractivity (Wildman–Crippen MR) is 67.5 cm³/mol. The van der Waals surface area contributed by atoms with Crippen LogP contribution in [0, 0.1) is 21.4 Å². The number of nitrogens with one attached hydrogen (secondary N) is 1. The molecule has 0 fully saturated rings. The Morgan fingerprint density at radius 3 is 2.50 bits per heavy atom. The third kappa shape index (κ3) is 2.44. The minimum atomic E-state index is -0.489. The third-order valence-corrected chi connectivity index (χ3v) is 2.39. The standard InChI is InChI=1S/C13H9N3O2/c14-9-10-6-7-12(16(17)18)8-13(10)15-11-4-2-1-3-5-11/h1-8,15H. The molecule has 5 nitrogen and oxygen atoms in total. The van der Waals surface area contributed by atoms with Crippen LogP contribution in [0.5, 0.6) is 0 Å². The van der Waals surface area contributed by atoms with Crippen molar-refractivity contribution in [1.29, 1.82) is 5.26 Å². The van der Waals surface area contributed by atoms with E-state index >= 15 is 0 Å². The molecule has 0 radical (unpaired) electrons. The fourth-order valence-corrected chi connectivity index (χ4v) is 1.52. The van der Waals surface area contributed by atoms with Gasteiger partial charge in [0.05, 0.1) is 16.2 Å². The number of nitrogens with zero attached hydrogens (tertiary/aromatic N) is 2. The molecule has 0 aliphatic heterocycles. The number of para-hydroxylation sites is 1. The van der Waals surface area contributed by atoms with Crippen molar-refractivity contribution in [2.75, 3.05) is 5.32 Å². The second-order valence-corrected chi connectivity index (χ2v) is 3.59. The van der Waals surface area contributed by atoms with Gasteiger partial charge in [0.15, 0.2) is 0 Å². The average Bonchev–Trinajstić information content (AvgIpc) is 2.39. The van der Waals surface area contributed by atoms with Gasteiger partial charge in [-0.05, 0) is 18.2 Å². The highest BCUT2D eigenvalue weighted by Crippen LogP contribution is 2.25. The van der Waals surface area contributed by atoms with Crippen LogP contribution in [0.2, 0.25) is 0 Å². The number of hydrogen-bond donors (Lipinski definition) is 1. The van der Waals surface area contributed by atoms with E-state index in [2.05, 4.69) is 5.32 Å². The summed E-state index contributed by atoms with van der Waals surface area (Å²) >= 11 is 0. The van der Waals surface area contributed by atoms with Crippen molar-refractivity contribution in [2.24, 2.45) is 0 Å². The molecule has 0 saturated carbocycles. The van der Waals surface area contributed by atoms with Gasteiger partial charge in [0.1, 0.15) is 6.07 Å². The van der Waals surface area contributed by atoms with Crippen LogP contribution in [0.15, 0.2) is 48.5 Å². The number of nitro benzene ring substituents is 1. The van der Waals surface area contributed by atoms with Crippen molar-refractivity contribution >= 4 is 17.1 Å². The van der Waals surface area contributed by atoms with Crippen molar-refractivity contribution in [2.45, 2.75) is 0 Å². The van der Waals surface area contributed by atoms with E-state index in [1.54, 1.807) is 0 Å². The number of hydrogen-bond acceptors (Lipinski definition) is 4. The van der Waals surface area contributed by atoms with Crippen LogP contribution < -0.4 is 5.32 Å². The zero-order chi connectivity index (χ0) is 13.0. The highest BCUT2D eigenvalue weighted by atomic mass is 16.6. The van der Waals surface area contributed by atoms with Gasteiger partial charge in [-0.1, -0.05) is 18.2 Å². The zero-order valence-electron chi connectivity index (χ0n) is 9.33. The van der Waals surface area contributed by atoms with E-state index in [9.17, 15) is 10.1 Å². The lowest BCUT2D eigenvalue weighted by atomic mass is 10.1. The first kappa shape index (κ1) is 11.6. The van der Waals surface area contributed by atoms with Crippen LogP contribution in [-0.2, 0) is 0 Å². The van der Waals surface area contributed by atoms with Crippen molar-refractivity contribution in [3.05, 3.63) is 64.2 Å². The third-order valence-electron chi connectivity index (χ3n) is 2.39. The highest BCUT2D eigenvalue weighted by Gasteiger charge is 2.10. The summed E-state index contributed by atoms with van der Waals surface area (Å²) in [6.07, 6.45) is 0. The van der Waals surface area contributed by atoms with Crippen LogP contribution in [0.4, 0.5) is 17.1 Å². The fraction of sp³-hybridized carbons (Fsp3) is 0. The summed E-state index contributed by atoms with van der Waals surface area (Å²) in [5, 5.41) is 22.7. The summed E-state index contributed by atoms with van der Waals surface area (Å²) in [5.74, 6) is 0. The first-order chi connectivity index (χ1) is 8.70. The normalized spacial score (nSPS) is 9.50. The van der Waals surface area contributed by atoms with Gasteiger partial charge in [-0.25, -0.2) is 0 Å². The lowest BCUT2D eigenvalue weighted by molar-refractivity contribution is -0.384. The van der Waals surface area contributed by atoms with Crippen molar-refractivity contribution in [3.8, 4) is 6.07 Å². The van der Waals surface area contributed by atoms with Crippen molar-refractivity contribution < 1.29 is 4.92 Å². The molecule has 0 heterocycles. The molecule has 0 aliphatic rings. The molecule has 0 aliphatic carbocycles. The van der Waals surface area contributed by atoms with Gasteiger partial charge in [-0.15, -0.1) is 0 Å². The van der Waals surface area contributed by atoms with Gasteiger partial charge in [0.25, 0.3) is 5.69 Å². The molecule has 0 aromatic heterocycles. The first-order valence-electron chi connectivity index (χ1n) is 5.21. The van der Waals surface area contributed by atoms with E-state index in [4.69, 9.17) is 5.26 Å².